The Bertz CT molecular complexity index is 735. The molecule has 2 heterocycles. The zero-order valence-corrected chi connectivity index (χ0v) is 12.0. The number of nitrogens with zero attached hydrogens (tertiary/aromatic N) is 3. The third-order valence-electron chi connectivity index (χ3n) is 3.06. The summed E-state index contributed by atoms with van der Waals surface area (Å²) in [6.07, 6.45) is 5.53. The van der Waals surface area contributed by atoms with Gasteiger partial charge in [0, 0.05) is 25.1 Å². The van der Waals surface area contributed by atoms with Gasteiger partial charge in [-0.15, -0.1) is 0 Å². The number of anilines is 3. The molecule has 2 N–H and O–H groups in total. The van der Waals surface area contributed by atoms with Crippen LogP contribution in [0.25, 0.3) is 5.65 Å². The minimum atomic E-state index is 0.660. The minimum Gasteiger partial charge on any atom is -0.494 e. The van der Waals surface area contributed by atoms with E-state index in [0.29, 0.717) is 12.4 Å². The summed E-state index contributed by atoms with van der Waals surface area (Å²) in [5.74, 6) is 2.33. The van der Waals surface area contributed by atoms with Crippen LogP contribution in [0.15, 0.2) is 42.9 Å². The van der Waals surface area contributed by atoms with Crippen LogP contribution in [0.4, 0.5) is 17.3 Å². The smallest absolute Gasteiger partial charge is 0.180 e. The van der Waals surface area contributed by atoms with Crippen LogP contribution in [0.2, 0.25) is 0 Å². The van der Waals surface area contributed by atoms with E-state index < -0.39 is 0 Å². The first-order chi connectivity index (χ1) is 10.3. The molecule has 2 aromatic heterocycles. The maximum absolute atomic E-state index is 5.44. The second-order valence-electron chi connectivity index (χ2n) is 4.47. The van der Waals surface area contributed by atoms with Crippen molar-refractivity contribution in [3.05, 3.63) is 42.9 Å². The normalized spacial score (nSPS) is 10.6. The molecule has 108 valence electrons. The summed E-state index contributed by atoms with van der Waals surface area (Å²) in [5, 5.41) is 6.33. The second-order valence-corrected chi connectivity index (χ2v) is 4.47. The Labute approximate surface area is 122 Å². The molecule has 3 rings (SSSR count). The van der Waals surface area contributed by atoms with Crippen molar-refractivity contribution in [2.75, 3.05) is 24.3 Å². The van der Waals surface area contributed by atoms with Crippen LogP contribution in [0, 0.1) is 0 Å². The largest absolute Gasteiger partial charge is 0.494 e. The summed E-state index contributed by atoms with van der Waals surface area (Å²) in [5.41, 5.74) is 1.71. The summed E-state index contributed by atoms with van der Waals surface area (Å²) in [7, 11) is 1.84. The lowest BCUT2D eigenvalue weighted by molar-refractivity contribution is 0.340. The first kappa shape index (κ1) is 13.2. The average Bonchev–Trinajstić information content (AvgIpc) is 2.98. The maximum Gasteiger partial charge on any atom is 0.180 e. The van der Waals surface area contributed by atoms with Gasteiger partial charge in [-0.2, -0.15) is 0 Å². The topological polar surface area (TPSA) is 63.5 Å². The van der Waals surface area contributed by atoms with E-state index in [1.165, 1.54) is 0 Å². The van der Waals surface area contributed by atoms with Gasteiger partial charge in [-0.3, -0.25) is 0 Å². The molecule has 0 aliphatic heterocycles. The molecule has 0 atom stereocenters. The third kappa shape index (κ3) is 2.74. The van der Waals surface area contributed by atoms with E-state index >= 15 is 0 Å². The van der Waals surface area contributed by atoms with E-state index in [4.69, 9.17) is 4.74 Å². The highest BCUT2D eigenvalue weighted by Crippen LogP contribution is 2.22. The lowest BCUT2D eigenvalue weighted by Crippen LogP contribution is -2.02. The van der Waals surface area contributed by atoms with Crippen molar-refractivity contribution in [3.63, 3.8) is 0 Å². The Hall–Kier alpha value is -2.76. The first-order valence-corrected chi connectivity index (χ1v) is 6.81. The Morgan fingerprint density at radius 2 is 2.05 bits per heavy atom. The molecule has 0 aliphatic rings. The molecule has 6 nitrogen and oxygen atoms in total. The van der Waals surface area contributed by atoms with Gasteiger partial charge in [0.15, 0.2) is 11.5 Å². The van der Waals surface area contributed by atoms with Gasteiger partial charge in [0.2, 0.25) is 0 Å². The zero-order valence-electron chi connectivity index (χ0n) is 12.0. The fourth-order valence-corrected chi connectivity index (χ4v) is 2.07. The summed E-state index contributed by atoms with van der Waals surface area (Å²) in [6, 6.07) is 7.77. The molecule has 0 unspecified atom stereocenters. The average molecular weight is 283 g/mol. The van der Waals surface area contributed by atoms with Crippen LogP contribution >= 0.6 is 0 Å². The van der Waals surface area contributed by atoms with Crippen LogP contribution in [0.3, 0.4) is 0 Å². The van der Waals surface area contributed by atoms with Crippen molar-refractivity contribution >= 4 is 23.0 Å². The Kier molecular flexibility index (Phi) is 3.59. The summed E-state index contributed by atoms with van der Waals surface area (Å²) >= 11 is 0. The van der Waals surface area contributed by atoms with E-state index in [1.54, 1.807) is 6.20 Å². The summed E-state index contributed by atoms with van der Waals surface area (Å²) in [4.78, 5) is 8.83. The van der Waals surface area contributed by atoms with Gasteiger partial charge in [0.25, 0.3) is 0 Å². The van der Waals surface area contributed by atoms with Gasteiger partial charge in [-0.1, -0.05) is 0 Å². The highest BCUT2D eigenvalue weighted by Gasteiger charge is 2.07. The minimum absolute atomic E-state index is 0.660. The van der Waals surface area contributed by atoms with E-state index in [0.717, 1.165) is 22.9 Å². The second kappa shape index (κ2) is 5.70. The van der Waals surface area contributed by atoms with Crippen LogP contribution in [-0.4, -0.2) is 28.0 Å². The molecule has 0 spiro atoms. The molecule has 3 aromatic rings. The molecule has 0 saturated carbocycles. The zero-order chi connectivity index (χ0) is 14.7. The lowest BCUT2D eigenvalue weighted by atomic mass is 10.3. The molecule has 0 bridgehead atoms. The van der Waals surface area contributed by atoms with Gasteiger partial charge in [0.05, 0.1) is 12.8 Å². The van der Waals surface area contributed by atoms with Gasteiger partial charge in [0.1, 0.15) is 11.6 Å². The first-order valence-electron chi connectivity index (χ1n) is 6.81. The monoisotopic (exact) mass is 283 g/mol. The molecule has 0 aliphatic carbocycles. The number of fused-ring (bicyclic) bond motifs is 1. The number of ether oxygens (including phenoxy) is 1. The Morgan fingerprint density at radius 1 is 1.24 bits per heavy atom. The van der Waals surface area contributed by atoms with Crippen molar-refractivity contribution in [2.45, 2.75) is 6.92 Å². The molecule has 21 heavy (non-hydrogen) atoms. The van der Waals surface area contributed by atoms with E-state index in [9.17, 15) is 0 Å². The van der Waals surface area contributed by atoms with Gasteiger partial charge < -0.3 is 19.8 Å². The summed E-state index contributed by atoms with van der Waals surface area (Å²) < 4.78 is 7.36. The van der Waals surface area contributed by atoms with Crippen LogP contribution < -0.4 is 15.4 Å². The molecule has 6 heteroatoms. The fraction of sp³-hybridized carbons (Fsp3) is 0.200. The van der Waals surface area contributed by atoms with Crippen molar-refractivity contribution in [2.24, 2.45) is 0 Å². The Morgan fingerprint density at radius 3 is 2.76 bits per heavy atom. The molecule has 0 radical (unpaired) electrons. The molecular formula is C15H17N5O. The van der Waals surface area contributed by atoms with Gasteiger partial charge in [-0.05, 0) is 31.2 Å². The number of hydrogen-bond donors (Lipinski definition) is 2. The van der Waals surface area contributed by atoms with Crippen molar-refractivity contribution < 1.29 is 4.74 Å². The number of aromatic nitrogens is 3. The SMILES string of the molecule is CCOc1ccc(Nc2nc(NC)cn3ccnc23)cc1. The van der Waals surface area contributed by atoms with Gasteiger partial charge in [-0.25, -0.2) is 9.97 Å². The Balaban J connectivity index is 1.91. The predicted molar refractivity (Wildman–Crippen MR) is 83.4 cm³/mol. The number of rotatable bonds is 5. The van der Waals surface area contributed by atoms with Gasteiger partial charge >= 0.3 is 0 Å². The number of benzene rings is 1. The molecular weight excluding hydrogens is 266 g/mol. The highest BCUT2D eigenvalue weighted by molar-refractivity contribution is 5.71. The quantitative estimate of drug-likeness (QED) is 0.754. The van der Waals surface area contributed by atoms with E-state index in [1.807, 2.05) is 55.0 Å². The summed E-state index contributed by atoms with van der Waals surface area (Å²) in [6.45, 7) is 2.63. The lowest BCUT2D eigenvalue weighted by Gasteiger charge is -2.10. The number of hydrogen-bond acceptors (Lipinski definition) is 5. The van der Waals surface area contributed by atoms with Crippen molar-refractivity contribution in [1.29, 1.82) is 0 Å². The number of nitrogens with one attached hydrogen (secondary N) is 2. The fourth-order valence-electron chi connectivity index (χ4n) is 2.07. The molecule has 0 amide bonds. The molecule has 0 fully saturated rings. The molecule has 0 saturated heterocycles. The third-order valence-corrected chi connectivity index (χ3v) is 3.06. The van der Waals surface area contributed by atoms with E-state index in [-0.39, 0.29) is 0 Å². The maximum atomic E-state index is 5.44. The van der Waals surface area contributed by atoms with Crippen LogP contribution in [0.5, 0.6) is 5.75 Å². The highest BCUT2D eigenvalue weighted by atomic mass is 16.5. The molecule has 1 aromatic carbocycles. The van der Waals surface area contributed by atoms with Crippen LogP contribution in [-0.2, 0) is 0 Å². The standard InChI is InChI=1S/C15H17N5O/c1-3-21-12-6-4-11(5-7-12)18-14-15-17-8-9-20(15)10-13(16-2)19-14/h4-10,16H,3H2,1-2H3,(H,18,19). The predicted octanol–water partition coefficient (Wildman–Crippen LogP) is 2.91. The van der Waals surface area contributed by atoms with E-state index in [2.05, 4.69) is 20.6 Å². The van der Waals surface area contributed by atoms with Crippen molar-refractivity contribution in [1.82, 2.24) is 14.4 Å². The van der Waals surface area contributed by atoms with Crippen LogP contribution in [0.1, 0.15) is 6.92 Å². The number of imidazole rings is 1. The van der Waals surface area contributed by atoms with Crippen molar-refractivity contribution in [3.8, 4) is 5.75 Å².